The van der Waals surface area contributed by atoms with Crippen LogP contribution in [0.1, 0.15) is 23.2 Å². The molecule has 0 aliphatic carbocycles. The molecule has 0 bridgehead atoms. The Kier molecular flexibility index (Phi) is 7.06. The summed E-state index contributed by atoms with van der Waals surface area (Å²) in [6, 6.07) is 7.84. The summed E-state index contributed by atoms with van der Waals surface area (Å²) in [5.41, 5.74) is 1.26. The monoisotopic (exact) mass is 498 g/mol. The van der Waals surface area contributed by atoms with Crippen molar-refractivity contribution in [2.75, 3.05) is 5.32 Å². The molecular weight excluding hydrogens is 483 g/mol. The molecule has 1 unspecified atom stereocenters. The highest BCUT2D eigenvalue weighted by Gasteiger charge is 2.42. The van der Waals surface area contributed by atoms with Gasteiger partial charge in [-0.1, -0.05) is 17.7 Å². The van der Waals surface area contributed by atoms with Crippen LogP contribution in [0, 0.1) is 11.6 Å². The summed E-state index contributed by atoms with van der Waals surface area (Å²) >= 11 is 5.85. The minimum absolute atomic E-state index is 0.00441. The van der Waals surface area contributed by atoms with E-state index in [2.05, 4.69) is 15.6 Å². The maximum atomic E-state index is 14.3. The van der Waals surface area contributed by atoms with E-state index in [9.17, 15) is 31.5 Å². The number of amides is 3. The van der Waals surface area contributed by atoms with Crippen LogP contribution in [0.5, 0.6) is 0 Å². The van der Waals surface area contributed by atoms with Crippen LogP contribution in [-0.4, -0.2) is 16.9 Å². The Balaban J connectivity index is 2.19. The number of benzene rings is 2. The number of nitrogens with one attached hydrogen (secondary N) is 2. The number of carbonyl (C=O) groups is 2. The highest BCUT2D eigenvalue weighted by atomic mass is 35.5. The van der Waals surface area contributed by atoms with Crippen LogP contribution in [0.4, 0.5) is 32.4 Å². The van der Waals surface area contributed by atoms with Gasteiger partial charge in [0.15, 0.2) is 0 Å². The van der Waals surface area contributed by atoms with Crippen LogP contribution < -0.4 is 16.4 Å². The zero-order valence-corrected chi connectivity index (χ0v) is 17.8. The molecule has 0 aliphatic rings. The van der Waals surface area contributed by atoms with E-state index in [-0.39, 0.29) is 22.5 Å². The summed E-state index contributed by atoms with van der Waals surface area (Å²) in [4.78, 5) is 28.9. The van der Waals surface area contributed by atoms with Crippen molar-refractivity contribution >= 4 is 29.2 Å². The van der Waals surface area contributed by atoms with E-state index in [1.807, 2.05) is 0 Å². The van der Waals surface area contributed by atoms with Gasteiger partial charge in [0.2, 0.25) is 5.91 Å². The van der Waals surface area contributed by atoms with Gasteiger partial charge in [-0.25, -0.2) is 13.6 Å². The summed E-state index contributed by atoms with van der Waals surface area (Å²) in [7, 11) is 0. The average Bonchev–Trinajstić information content (AvgIpc) is 2.72. The molecule has 0 radical (unpaired) electrons. The summed E-state index contributed by atoms with van der Waals surface area (Å²) in [5, 5.41) is 4.83. The molecule has 34 heavy (non-hydrogen) atoms. The van der Waals surface area contributed by atoms with Gasteiger partial charge in [0.1, 0.15) is 17.2 Å². The number of nitrogens with two attached hydrogens (primary N) is 1. The summed E-state index contributed by atoms with van der Waals surface area (Å²) < 4.78 is 68.0. The first kappa shape index (κ1) is 24.9. The van der Waals surface area contributed by atoms with Crippen LogP contribution in [0.25, 0.3) is 0 Å². The van der Waals surface area contributed by atoms with Crippen molar-refractivity contribution in [1.29, 1.82) is 0 Å². The lowest BCUT2D eigenvalue weighted by Gasteiger charge is -2.34. The first-order valence-electron chi connectivity index (χ1n) is 9.52. The van der Waals surface area contributed by atoms with Gasteiger partial charge in [0.25, 0.3) is 0 Å². The van der Waals surface area contributed by atoms with Gasteiger partial charge in [-0.2, -0.15) is 13.2 Å². The van der Waals surface area contributed by atoms with Crippen LogP contribution in [0.3, 0.4) is 0 Å². The number of anilines is 1. The molecule has 0 saturated carbocycles. The standard InChI is InChI=1S/C22H16ClF5N4O2/c23-14-4-5-18(30-11-14)21(10-19(29)33,12-6-13(22(26,27)28)8-16(25)7-12)32-20(34)31-17-3-1-2-15(24)9-17/h1-9,11H,10H2,(H2,29,33)(H2,31,32,34). The number of pyridine rings is 1. The van der Waals surface area contributed by atoms with E-state index in [0.717, 1.165) is 24.4 Å². The molecule has 178 valence electrons. The minimum Gasteiger partial charge on any atom is -0.370 e. The van der Waals surface area contributed by atoms with Crippen LogP contribution in [0.15, 0.2) is 60.8 Å². The number of urea groups is 1. The lowest BCUT2D eigenvalue weighted by atomic mass is 9.81. The van der Waals surface area contributed by atoms with Gasteiger partial charge in [0, 0.05) is 11.9 Å². The smallest absolute Gasteiger partial charge is 0.370 e. The third-order valence-corrected chi connectivity index (χ3v) is 4.95. The molecule has 0 aliphatic heterocycles. The molecule has 6 nitrogen and oxygen atoms in total. The van der Waals surface area contributed by atoms with Gasteiger partial charge in [-0.3, -0.25) is 9.78 Å². The Morgan fingerprint density at radius 3 is 2.26 bits per heavy atom. The molecule has 1 atom stereocenters. The van der Waals surface area contributed by atoms with Crippen molar-refractivity contribution in [3.05, 3.63) is 94.3 Å². The Bertz CT molecular complexity index is 1220. The third-order valence-electron chi connectivity index (χ3n) is 4.73. The second-order valence-corrected chi connectivity index (χ2v) is 7.66. The fourth-order valence-corrected chi connectivity index (χ4v) is 3.44. The molecule has 4 N–H and O–H groups in total. The zero-order valence-electron chi connectivity index (χ0n) is 17.1. The highest BCUT2D eigenvalue weighted by molar-refractivity contribution is 6.30. The molecule has 2 aromatic carbocycles. The number of rotatable bonds is 6. The van der Waals surface area contributed by atoms with E-state index in [1.165, 1.54) is 24.3 Å². The molecule has 0 fully saturated rings. The van der Waals surface area contributed by atoms with Crippen molar-refractivity contribution in [1.82, 2.24) is 10.3 Å². The number of hydrogen-bond donors (Lipinski definition) is 3. The number of aromatic nitrogens is 1. The summed E-state index contributed by atoms with van der Waals surface area (Å²) in [6.45, 7) is 0. The molecule has 1 heterocycles. The molecule has 3 aromatic rings. The van der Waals surface area contributed by atoms with Crippen molar-refractivity contribution in [2.45, 2.75) is 18.1 Å². The van der Waals surface area contributed by atoms with Crippen LogP contribution in [0.2, 0.25) is 5.02 Å². The number of halogens is 6. The van der Waals surface area contributed by atoms with E-state index in [4.69, 9.17) is 17.3 Å². The van der Waals surface area contributed by atoms with Crippen molar-refractivity contribution < 1.29 is 31.5 Å². The first-order valence-corrected chi connectivity index (χ1v) is 9.90. The Hall–Kier alpha value is -3.73. The molecule has 0 saturated heterocycles. The fourth-order valence-electron chi connectivity index (χ4n) is 3.33. The van der Waals surface area contributed by atoms with Gasteiger partial charge in [-0.15, -0.1) is 0 Å². The van der Waals surface area contributed by atoms with Gasteiger partial charge < -0.3 is 16.4 Å². The molecule has 0 spiro atoms. The molecule has 3 rings (SSSR count). The quantitative estimate of drug-likeness (QED) is 0.418. The summed E-state index contributed by atoms with van der Waals surface area (Å²) in [5.74, 6) is -2.99. The van der Waals surface area contributed by atoms with E-state index >= 15 is 0 Å². The zero-order chi connectivity index (χ0) is 25.1. The maximum Gasteiger partial charge on any atom is 0.416 e. The second kappa shape index (κ2) is 9.64. The number of primary amides is 1. The minimum atomic E-state index is -4.94. The Morgan fingerprint density at radius 2 is 1.68 bits per heavy atom. The van der Waals surface area contributed by atoms with Crippen molar-refractivity contribution in [3.63, 3.8) is 0 Å². The second-order valence-electron chi connectivity index (χ2n) is 7.23. The van der Waals surface area contributed by atoms with Gasteiger partial charge in [-0.05, 0) is 54.1 Å². The molecule has 1 aromatic heterocycles. The van der Waals surface area contributed by atoms with Crippen molar-refractivity contribution in [3.8, 4) is 0 Å². The SMILES string of the molecule is NC(=O)CC(NC(=O)Nc1cccc(F)c1)(c1cc(F)cc(C(F)(F)F)c1)c1ccc(Cl)cn1. The van der Waals surface area contributed by atoms with E-state index in [1.54, 1.807) is 0 Å². The lowest BCUT2D eigenvalue weighted by Crippen LogP contribution is -2.51. The normalized spacial score (nSPS) is 13.1. The molecule has 12 heteroatoms. The van der Waals surface area contributed by atoms with Crippen LogP contribution >= 0.6 is 11.6 Å². The van der Waals surface area contributed by atoms with E-state index < -0.39 is 52.8 Å². The third kappa shape index (κ3) is 5.79. The van der Waals surface area contributed by atoms with Gasteiger partial charge in [0.05, 0.1) is 22.7 Å². The van der Waals surface area contributed by atoms with Crippen LogP contribution in [-0.2, 0) is 16.5 Å². The number of nitrogens with zero attached hydrogens (tertiary/aromatic N) is 1. The number of alkyl halides is 3. The Labute approximate surface area is 194 Å². The van der Waals surface area contributed by atoms with E-state index in [0.29, 0.717) is 6.07 Å². The molecular formula is C22H16ClF5N4O2. The first-order chi connectivity index (χ1) is 15.9. The predicted molar refractivity (Wildman–Crippen MR) is 114 cm³/mol. The topological polar surface area (TPSA) is 97.1 Å². The maximum absolute atomic E-state index is 14.3. The fraction of sp³-hybridized carbons (Fsp3) is 0.136. The van der Waals surface area contributed by atoms with Crippen molar-refractivity contribution in [2.24, 2.45) is 5.73 Å². The average molecular weight is 499 g/mol. The number of carbonyl (C=O) groups excluding carboxylic acids is 2. The lowest BCUT2D eigenvalue weighted by molar-refractivity contribution is -0.137. The van der Waals surface area contributed by atoms with Gasteiger partial charge >= 0.3 is 12.2 Å². The highest BCUT2D eigenvalue weighted by Crippen LogP contribution is 2.37. The predicted octanol–water partition coefficient (Wildman–Crippen LogP) is 4.97. The summed E-state index contributed by atoms with van der Waals surface area (Å²) in [6.07, 6.45) is -4.60. The number of hydrogen-bond acceptors (Lipinski definition) is 3. The largest absolute Gasteiger partial charge is 0.416 e. The molecule has 3 amide bonds. The Morgan fingerprint density at radius 1 is 0.971 bits per heavy atom.